The lowest BCUT2D eigenvalue weighted by Crippen LogP contribution is -2.44. The average molecular weight is 334 g/mol. The van der Waals surface area contributed by atoms with Gasteiger partial charge in [-0.1, -0.05) is 22.0 Å². The molecule has 0 bridgehead atoms. The van der Waals surface area contributed by atoms with Gasteiger partial charge in [0.25, 0.3) is 0 Å². The molecule has 0 saturated heterocycles. The molecule has 0 radical (unpaired) electrons. The number of hydrogen-bond acceptors (Lipinski definition) is 4. The van der Waals surface area contributed by atoms with E-state index in [1.54, 1.807) is 0 Å². The number of nitrogens with zero attached hydrogens (tertiary/aromatic N) is 1. The Morgan fingerprint density at radius 2 is 2.35 bits per heavy atom. The summed E-state index contributed by atoms with van der Waals surface area (Å²) in [5, 5.41) is 12.3. The second kappa shape index (κ2) is 4.25. The first-order chi connectivity index (χ1) is 9.49. The number of hydrogen-bond donors (Lipinski definition) is 2. The SMILES string of the molecule is CC1C[C@@]2(C(=O)Nc3cc(Br)ccc32)C(C#N)=C(N)O1. The van der Waals surface area contributed by atoms with E-state index in [1.807, 2.05) is 31.2 Å². The molecular formula is C14H12BrN3O2. The third kappa shape index (κ3) is 1.56. The third-order valence-corrected chi connectivity index (χ3v) is 4.28. The first-order valence-corrected chi connectivity index (χ1v) is 6.97. The Bertz CT molecular complexity index is 692. The lowest BCUT2D eigenvalue weighted by molar-refractivity contribution is -0.121. The molecule has 1 spiro atoms. The lowest BCUT2D eigenvalue weighted by Gasteiger charge is -2.35. The van der Waals surface area contributed by atoms with Crippen molar-refractivity contribution in [1.82, 2.24) is 0 Å². The van der Waals surface area contributed by atoms with Crippen LogP contribution in [-0.4, -0.2) is 12.0 Å². The smallest absolute Gasteiger partial charge is 0.240 e. The van der Waals surface area contributed by atoms with Crippen molar-refractivity contribution >= 4 is 27.5 Å². The van der Waals surface area contributed by atoms with Gasteiger partial charge in [0.2, 0.25) is 5.91 Å². The maximum absolute atomic E-state index is 12.6. The molecule has 1 amide bonds. The molecule has 1 aromatic rings. The molecule has 0 aliphatic carbocycles. The molecule has 0 fully saturated rings. The van der Waals surface area contributed by atoms with E-state index in [0.29, 0.717) is 12.1 Å². The largest absolute Gasteiger partial charge is 0.476 e. The van der Waals surface area contributed by atoms with Crippen LogP contribution in [0.25, 0.3) is 0 Å². The summed E-state index contributed by atoms with van der Waals surface area (Å²) in [7, 11) is 0. The summed E-state index contributed by atoms with van der Waals surface area (Å²) in [6.07, 6.45) is 0.171. The molecule has 0 aromatic heterocycles. The summed E-state index contributed by atoms with van der Waals surface area (Å²) in [4.78, 5) is 12.6. The maximum atomic E-state index is 12.6. The van der Waals surface area contributed by atoms with Gasteiger partial charge in [0.15, 0.2) is 5.88 Å². The fourth-order valence-electron chi connectivity index (χ4n) is 3.01. The maximum Gasteiger partial charge on any atom is 0.240 e. The molecule has 1 unspecified atom stereocenters. The normalized spacial score (nSPS) is 27.9. The van der Waals surface area contributed by atoms with Crippen LogP contribution in [0.15, 0.2) is 34.1 Å². The van der Waals surface area contributed by atoms with Gasteiger partial charge in [-0.2, -0.15) is 5.26 Å². The third-order valence-electron chi connectivity index (χ3n) is 3.78. The van der Waals surface area contributed by atoms with Crippen LogP contribution >= 0.6 is 15.9 Å². The van der Waals surface area contributed by atoms with E-state index in [9.17, 15) is 10.1 Å². The molecule has 20 heavy (non-hydrogen) atoms. The molecule has 2 aliphatic heterocycles. The molecule has 5 nitrogen and oxygen atoms in total. The fourth-order valence-corrected chi connectivity index (χ4v) is 3.37. The van der Waals surface area contributed by atoms with Gasteiger partial charge < -0.3 is 15.8 Å². The van der Waals surface area contributed by atoms with Crippen molar-refractivity contribution < 1.29 is 9.53 Å². The van der Waals surface area contributed by atoms with Crippen molar-refractivity contribution in [3.8, 4) is 6.07 Å². The quantitative estimate of drug-likeness (QED) is 0.761. The Labute approximate surface area is 124 Å². The van der Waals surface area contributed by atoms with Crippen LogP contribution in [0.4, 0.5) is 5.69 Å². The number of nitriles is 1. The molecule has 102 valence electrons. The molecule has 0 saturated carbocycles. The van der Waals surface area contributed by atoms with Gasteiger partial charge in [-0.15, -0.1) is 0 Å². The Morgan fingerprint density at radius 3 is 3.05 bits per heavy atom. The first kappa shape index (κ1) is 13.0. The molecule has 2 aliphatic rings. The highest BCUT2D eigenvalue weighted by Gasteiger charge is 2.54. The predicted octanol–water partition coefficient (Wildman–Crippen LogP) is 2.14. The number of carbonyl (C=O) groups excluding carboxylic acids is 1. The molecule has 3 rings (SSSR count). The van der Waals surface area contributed by atoms with E-state index in [2.05, 4.69) is 21.2 Å². The topological polar surface area (TPSA) is 88.1 Å². The van der Waals surface area contributed by atoms with Gasteiger partial charge in [0.1, 0.15) is 17.1 Å². The molecular weight excluding hydrogens is 322 g/mol. The highest BCUT2D eigenvalue weighted by Crippen LogP contribution is 2.49. The van der Waals surface area contributed by atoms with E-state index in [0.717, 1.165) is 10.0 Å². The zero-order chi connectivity index (χ0) is 14.5. The number of ether oxygens (including phenoxy) is 1. The molecule has 2 atom stereocenters. The van der Waals surface area contributed by atoms with Crippen LogP contribution in [-0.2, 0) is 14.9 Å². The van der Waals surface area contributed by atoms with E-state index >= 15 is 0 Å². The molecule has 2 heterocycles. The summed E-state index contributed by atoms with van der Waals surface area (Å²) in [6.45, 7) is 1.84. The zero-order valence-corrected chi connectivity index (χ0v) is 12.3. The second-order valence-corrected chi connectivity index (χ2v) is 5.95. The summed E-state index contributed by atoms with van der Waals surface area (Å²) < 4.78 is 6.27. The number of fused-ring (bicyclic) bond motifs is 2. The molecule has 1 aromatic carbocycles. The Hall–Kier alpha value is -2.00. The van der Waals surface area contributed by atoms with E-state index in [-0.39, 0.29) is 23.5 Å². The highest BCUT2D eigenvalue weighted by atomic mass is 79.9. The van der Waals surface area contributed by atoms with Gasteiger partial charge in [0, 0.05) is 16.6 Å². The van der Waals surface area contributed by atoms with Gasteiger partial charge in [0.05, 0.1) is 6.10 Å². The predicted molar refractivity (Wildman–Crippen MR) is 76.4 cm³/mol. The van der Waals surface area contributed by atoms with Gasteiger partial charge in [-0.05, 0) is 24.6 Å². The minimum atomic E-state index is -1.04. The average Bonchev–Trinajstić information content (AvgIpc) is 2.61. The van der Waals surface area contributed by atoms with Gasteiger partial charge in [-0.3, -0.25) is 4.79 Å². The van der Waals surface area contributed by atoms with Crippen molar-refractivity contribution in [3.05, 3.63) is 39.7 Å². The Balaban J connectivity index is 2.30. The number of rotatable bonds is 0. The van der Waals surface area contributed by atoms with Crippen LogP contribution in [0, 0.1) is 11.3 Å². The van der Waals surface area contributed by atoms with Crippen molar-refractivity contribution in [3.63, 3.8) is 0 Å². The number of nitrogens with two attached hydrogens (primary N) is 1. The van der Waals surface area contributed by atoms with Crippen LogP contribution in [0.3, 0.4) is 0 Å². The van der Waals surface area contributed by atoms with Crippen molar-refractivity contribution in [2.75, 3.05) is 5.32 Å². The van der Waals surface area contributed by atoms with Crippen LogP contribution in [0.2, 0.25) is 0 Å². The summed E-state index contributed by atoms with van der Waals surface area (Å²) in [6, 6.07) is 7.58. The number of anilines is 1. The summed E-state index contributed by atoms with van der Waals surface area (Å²) in [5.41, 5.74) is 6.47. The van der Waals surface area contributed by atoms with E-state index in [1.165, 1.54) is 0 Å². The van der Waals surface area contributed by atoms with Crippen LogP contribution < -0.4 is 11.1 Å². The second-order valence-electron chi connectivity index (χ2n) is 5.03. The zero-order valence-electron chi connectivity index (χ0n) is 10.7. The number of nitrogens with one attached hydrogen (secondary N) is 1. The number of carbonyl (C=O) groups is 1. The standard InChI is InChI=1S/C14H12BrN3O2/c1-7-5-14(10(6-16)12(17)20-7)9-3-2-8(15)4-11(9)18-13(14)19/h2-4,7H,5,17H2,1H3,(H,18,19)/t7?,14-/m0/s1. The number of benzene rings is 1. The Morgan fingerprint density at radius 1 is 1.60 bits per heavy atom. The number of amides is 1. The summed E-state index contributed by atoms with van der Waals surface area (Å²) >= 11 is 3.38. The van der Waals surface area contributed by atoms with Crippen LogP contribution in [0.1, 0.15) is 18.9 Å². The van der Waals surface area contributed by atoms with Crippen molar-refractivity contribution in [2.24, 2.45) is 5.73 Å². The summed E-state index contributed by atoms with van der Waals surface area (Å²) in [5.74, 6) is -0.183. The van der Waals surface area contributed by atoms with Crippen LogP contribution in [0.5, 0.6) is 0 Å². The Kier molecular flexibility index (Phi) is 2.76. The molecule has 6 heteroatoms. The van der Waals surface area contributed by atoms with Gasteiger partial charge in [-0.25, -0.2) is 0 Å². The minimum absolute atomic E-state index is 0.0390. The van der Waals surface area contributed by atoms with E-state index < -0.39 is 5.41 Å². The van der Waals surface area contributed by atoms with Crippen molar-refractivity contribution in [2.45, 2.75) is 24.9 Å². The monoisotopic (exact) mass is 333 g/mol. The molecule has 3 N–H and O–H groups in total. The van der Waals surface area contributed by atoms with Gasteiger partial charge >= 0.3 is 0 Å². The lowest BCUT2D eigenvalue weighted by atomic mass is 9.70. The van der Waals surface area contributed by atoms with Crippen molar-refractivity contribution in [1.29, 1.82) is 5.26 Å². The first-order valence-electron chi connectivity index (χ1n) is 6.17. The number of halogens is 1. The fraction of sp³-hybridized carbons (Fsp3) is 0.286. The minimum Gasteiger partial charge on any atom is -0.476 e. The highest BCUT2D eigenvalue weighted by molar-refractivity contribution is 9.10. The van der Waals surface area contributed by atoms with E-state index in [4.69, 9.17) is 10.5 Å².